The number of amides is 3. The lowest BCUT2D eigenvalue weighted by molar-refractivity contribution is -0.000258. The van der Waals surface area contributed by atoms with Gasteiger partial charge in [-0.15, -0.1) is 0 Å². The van der Waals surface area contributed by atoms with E-state index in [2.05, 4.69) is 10.6 Å². The number of guanidine groups is 1. The Kier molecular flexibility index (Phi) is 11.6. The summed E-state index contributed by atoms with van der Waals surface area (Å²) >= 11 is 0. The SMILES string of the molecule is CCN(C(=N)NC(=O)OC(C)(C)C)c1ccc(NCc2ccccc2)c(CN(C(=O)OC(C)(C)C)C(=O)OC(C)(C)C)c1. The van der Waals surface area contributed by atoms with E-state index in [1.165, 1.54) is 0 Å². The van der Waals surface area contributed by atoms with E-state index in [0.29, 0.717) is 30.0 Å². The van der Waals surface area contributed by atoms with Gasteiger partial charge in [0.15, 0.2) is 0 Å². The summed E-state index contributed by atoms with van der Waals surface area (Å²) < 4.78 is 16.4. The van der Waals surface area contributed by atoms with E-state index in [-0.39, 0.29) is 12.5 Å². The predicted octanol–water partition coefficient (Wildman–Crippen LogP) is 7.26. The van der Waals surface area contributed by atoms with E-state index < -0.39 is 35.1 Å². The second-order valence-corrected chi connectivity index (χ2v) is 12.9. The quantitative estimate of drug-likeness (QED) is 0.173. The number of nitrogens with zero attached hydrogens (tertiary/aromatic N) is 2. The van der Waals surface area contributed by atoms with E-state index in [4.69, 9.17) is 19.6 Å². The fourth-order valence-electron chi connectivity index (χ4n) is 3.79. The highest BCUT2D eigenvalue weighted by Gasteiger charge is 2.32. The minimum Gasteiger partial charge on any atom is -0.444 e. The van der Waals surface area contributed by atoms with Crippen molar-refractivity contribution in [1.82, 2.24) is 10.2 Å². The van der Waals surface area contributed by atoms with E-state index in [1.807, 2.05) is 37.3 Å². The summed E-state index contributed by atoms with van der Waals surface area (Å²) in [5.74, 6) is -0.191. The second-order valence-electron chi connectivity index (χ2n) is 12.9. The molecule has 0 fully saturated rings. The largest absolute Gasteiger partial charge is 0.444 e. The van der Waals surface area contributed by atoms with Crippen LogP contribution in [-0.2, 0) is 27.3 Å². The molecule has 0 saturated heterocycles. The lowest BCUT2D eigenvalue weighted by Crippen LogP contribution is -2.45. The maximum atomic E-state index is 13.3. The maximum Gasteiger partial charge on any atom is 0.420 e. The summed E-state index contributed by atoms with van der Waals surface area (Å²) in [5.41, 5.74) is 0.377. The lowest BCUT2D eigenvalue weighted by atomic mass is 10.1. The molecule has 0 bridgehead atoms. The topological polar surface area (TPSA) is 133 Å². The van der Waals surface area contributed by atoms with E-state index >= 15 is 0 Å². The van der Waals surface area contributed by atoms with Crippen LogP contribution < -0.4 is 15.5 Å². The fraction of sp³-hybridized carbons (Fsp3) is 0.500. The number of benzene rings is 2. The summed E-state index contributed by atoms with van der Waals surface area (Å²) in [6.07, 6.45) is -2.46. The Morgan fingerprint density at radius 2 is 1.33 bits per heavy atom. The highest BCUT2D eigenvalue weighted by atomic mass is 16.6. The minimum absolute atomic E-state index is 0.181. The van der Waals surface area contributed by atoms with Crippen molar-refractivity contribution >= 4 is 35.6 Å². The summed E-state index contributed by atoms with van der Waals surface area (Å²) in [7, 11) is 0. The molecule has 2 aromatic carbocycles. The molecule has 0 aliphatic rings. The molecule has 0 saturated carbocycles. The van der Waals surface area contributed by atoms with Crippen LogP contribution in [0.3, 0.4) is 0 Å². The smallest absolute Gasteiger partial charge is 0.420 e. The van der Waals surface area contributed by atoms with Gasteiger partial charge in [-0.1, -0.05) is 30.3 Å². The maximum absolute atomic E-state index is 13.3. The molecule has 0 radical (unpaired) electrons. The Morgan fingerprint density at radius 1 is 0.791 bits per heavy atom. The normalized spacial score (nSPS) is 11.7. The molecule has 3 N–H and O–H groups in total. The van der Waals surface area contributed by atoms with Gasteiger partial charge >= 0.3 is 18.3 Å². The number of hydrogen-bond acceptors (Lipinski definition) is 8. The lowest BCUT2D eigenvalue weighted by Gasteiger charge is -2.30. The van der Waals surface area contributed by atoms with Crippen LogP contribution in [0.25, 0.3) is 0 Å². The Bertz CT molecular complexity index is 1250. The molecular weight excluding hydrogens is 550 g/mol. The summed E-state index contributed by atoms with van der Waals surface area (Å²) in [6, 6.07) is 15.1. The molecule has 43 heavy (non-hydrogen) atoms. The average Bonchev–Trinajstić information content (AvgIpc) is 2.84. The van der Waals surface area contributed by atoms with Crippen molar-refractivity contribution in [1.29, 1.82) is 5.41 Å². The van der Waals surface area contributed by atoms with Gasteiger partial charge in [0, 0.05) is 24.5 Å². The van der Waals surface area contributed by atoms with Gasteiger partial charge in [0.05, 0.1) is 6.54 Å². The Morgan fingerprint density at radius 3 is 1.81 bits per heavy atom. The number of anilines is 2. The molecule has 236 valence electrons. The van der Waals surface area contributed by atoms with E-state index in [9.17, 15) is 14.4 Å². The van der Waals surface area contributed by atoms with Crippen molar-refractivity contribution in [2.24, 2.45) is 0 Å². The molecular formula is C32H47N5O6. The van der Waals surface area contributed by atoms with Gasteiger partial charge < -0.3 is 24.4 Å². The first-order valence-corrected chi connectivity index (χ1v) is 14.3. The highest BCUT2D eigenvalue weighted by Crippen LogP contribution is 2.27. The Labute approximate surface area is 255 Å². The van der Waals surface area contributed by atoms with Gasteiger partial charge in [-0.25, -0.2) is 19.3 Å². The molecule has 0 aliphatic heterocycles. The highest BCUT2D eigenvalue weighted by molar-refractivity contribution is 6.02. The first kappa shape index (κ1) is 34.9. The van der Waals surface area contributed by atoms with Crippen LogP contribution >= 0.6 is 0 Å². The molecule has 0 heterocycles. The zero-order valence-corrected chi connectivity index (χ0v) is 27.1. The van der Waals surface area contributed by atoms with Crippen LogP contribution in [0.2, 0.25) is 0 Å². The van der Waals surface area contributed by atoms with E-state index in [0.717, 1.165) is 10.5 Å². The van der Waals surface area contributed by atoms with Crippen molar-refractivity contribution in [2.75, 3.05) is 16.8 Å². The van der Waals surface area contributed by atoms with Gasteiger partial charge in [-0.2, -0.15) is 0 Å². The van der Waals surface area contributed by atoms with Crippen molar-refractivity contribution in [2.45, 2.75) is 99.1 Å². The van der Waals surface area contributed by atoms with Crippen molar-refractivity contribution < 1.29 is 28.6 Å². The molecule has 0 atom stereocenters. The van der Waals surface area contributed by atoms with Gasteiger partial charge in [0.2, 0.25) is 5.96 Å². The molecule has 2 aromatic rings. The third-order valence-electron chi connectivity index (χ3n) is 5.49. The molecule has 11 heteroatoms. The first-order valence-electron chi connectivity index (χ1n) is 14.3. The van der Waals surface area contributed by atoms with E-state index in [1.54, 1.807) is 85.4 Å². The molecule has 2 rings (SSSR count). The molecule has 0 aliphatic carbocycles. The zero-order chi connectivity index (χ0) is 32.6. The van der Waals surface area contributed by atoms with Gasteiger partial charge in [-0.05, 0) is 98.6 Å². The number of hydrogen-bond donors (Lipinski definition) is 3. The van der Waals surface area contributed by atoms with Gasteiger partial charge in [0.25, 0.3) is 0 Å². The molecule has 0 unspecified atom stereocenters. The molecule has 11 nitrogen and oxygen atoms in total. The van der Waals surface area contributed by atoms with Gasteiger partial charge in [-0.3, -0.25) is 10.7 Å². The zero-order valence-electron chi connectivity index (χ0n) is 27.1. The monoisotopic (exact) mass is 597 g/mol. The minimum atomic E-state index is -0.854. The second kappa shape index (κ2) is 14.3. The molecule has 0 aromatic heterocycles. The Balaban J connectivity index is 2.51. The van der Waals surface area contributed by atoms with Crippen LogP contribution in [0.15, 0.2) is 48.5 Å². The predicted molar refractivity (Wildman–Crippen MR) is 168 cm³/mol. The van der Waals surface area contributed by atoms with Crippen molar-refractivity contribution in [3.8, 4) is 0 Å². The number of nitrogens with one attached hydrogen (secondary N) is 3. The molecule has 0 spiro atoms. The average molecular weight is 598 g/mol. The van der Waals surface area contributed by atoms with Crippen LogP contribution in [0.4, 0.5) is 25.8 Å². The first-order chi connectivity index (χ1) is 19.8. The van der Waals surface area contributed by atoms with Crippen LogP contribution in [-0.4, -0.2) is 52.5 Å². The van der Waals surface area contributed by atoms with Crippen LogP contribution in [0.5, 0.6) is 0 Å². The standard InChI is InChI=1S/C32H47N5O6/c1-11-36(26(33)35-27(38)41-30(2,3)4)24-17-18-25(34-20-22-15-13-12-14-16-22)23(19-24)21-37(28(39)42-31(5,6)7)29(40)43-32(8,9)10/h12-19,34H,11,20-21H2,1-10H3,(H2,33,35,38). The summed E-state index contributed by atoms with van der Waals surface area (Å²) in [4.78, 5) is 41.4. The van der Waals surface area contributed by atoms with Crippen LogP contribution in [0, 0.1) is 5.41 Å². The van der Waals surface area contributed by atoms with Crippen molar-refractivity contribution in [3.63, 3.8) is 0 Å². The number of alkyl carbamates (subject to hydrolysis) is 1. The van der Waals surface area contributed by atoms with Gasteiger partial charge in [0.1, 0.15) is 16.8 Å². The molecule has 3 amide bonds. The van der Waals surface area contributed by atoms with Crippen molar-refractivity contribution in [3.05, 3.63) is 59.7 Å². The third kappa shape index (κ3) is 12.2. The van der Waals surface area contributed by atoms with Crippen LogP contribution in [0.1, 0.15) is 80.4 Å². The summed E-state index contributed by atoms with van der Waals surface area (Å²) in [5, 5.41) is 14.4. The third-order valence-corrected chi connectivity index (χ3v) is 5.49. The number of carbonyl (C=O) groups is 3. The number of ether oxygens (including phenoxy) is 3. The number of rotatable bonds is 7. The Hall–Kier alpha value is -4.28. The number of imide groups is 1. The number of carbonyl (C=O) groups excluding carboxylic acids is 3. The fourth-order valence-corrected chi connectivity index (χ4v) is 3.79. The summed E-state index contributed by atoms with van der Waals surface area (Å²) in [6.45, 7) is 18.0.